The van der Waals surface area contributed by atoms with Crippen molar-refractivity contribution in [2.45, 2.75) is 0 Å². The lowest BCUT2D eigenvalue weighted by atomic mass is 10.0. The second-order valence-electron chi connectivity index (χ2n) is 6.72. The van der Waals surface area contributed by atoms with E-state index < -0.39 is 0 Å². The third-order valence-electron chi connectivity index (χ3n) is 5.20. The predicted octanol–water partition coefficient (Wildman–Crippen LogP) is 5.68. The van der Waals surface area contributed by atoms with Crippen LogP contribution in [0.25, 0.3) is 47.5 Å². The smallest absolute Gasteiger partial charge is 0.268 e. The van der Waals surface area contributed by atoms with Crippen molar-refractivity contribution in [2.24, 2.45) is 0 Å². The molecule has 2 nitrogen and oxygen atoms in total. The van der Waals surface area contributed by atoms with Gasteiger partial charge < -0.3 is 5.73 Å². The molecular weight excluding hydrogens is 336 g/mol. The molecule has 0 aliphatic heterocycles. The fourth-order valence-electron chi connectivity index (χ4n) is 4.05. The number of anilines is 1. The van der Waals surface area contributed by atoms with Gasteiger partial charge >= 0.3 is 0 Å². The first-order chi connectivity index (χ1) is 12.8. The molecule has 0 fully saturated rings. The van der Waals surface area contributed by atoms with E-state index >= 15 is 0 Å². The summed E-state index contributed by atoms with van der Waals surface area (Å²) in [6.45, 7) is 0. The van der Waals surface area contributed by atoms with Crippen LogP contribution in [0.4, 0.5) is 5.69 Å². The van der Waals surface area contributed by atoms with Gasteiger partial charge in [0.05, 0.1) is 5.39 Å². The van der Waals surface area contributed by atoms with E-state index in [4.69, 9.17) is 5.73 Å². The third kappa shape index (κ3) is 1.78. The van der Waals surface area contributed by atoms with Crippen molar-refractivity contribution in [3.05, 3.63) is 78.9 Å². The van der Waals surface area contributed by atoms with Gasteiger partial charge in [0.15, 0.2) is 0 Å². The maximum absolute atomic E-state index is 6.02. The number of benzene rings is 4. The van der Waals surface area contributed by atoms with Gasteiger partial charge in [0.25, 0.3) is 4.83 Å². The van der Waals surface area contributed by atoms with Crippen molar-refractivity contribution in [2.75, 3.05) is 5.73 Å². The molecule has 0 aliphatic rings. The standard InChI is InChI=1S/C23H15N2S/c24-17-9-10-18-16(13-17)6-5-15-7-11-20-23(22(15)18)25-19-4-2-1-3-14(19)8-12-21(25)26-20/h1-13H,24H2/q+1. The van der Waals surface area contributed by atoms with E-state index in [1.54, 1.807) is 0 Å². The van der Waals surface area contributed by atoms with Crippen LogP contribution >= 0.6 is 11.3 Å². The van der Waals surface area contributed by atoms with Gasteiger partial charge in [0.2, 0.25) is 11.0 Å². The molecule has 3 heteroatoms. The Bertz CT molecular complexity index is 1490. The molecule has 2 aromatic heterocycles. The first-order valence-corrected chi connectivity index (χ1v) is 9.48. The maximum Gasteiger partial charge on any atom is 0.268 e. The number of hydrogen-bond donors (Lipinski definition) is 1. The van der Waals surface area contributed by atoms with Crippen LogP contribution in [-0.4, -0.2) is 0 Å². The predicted molar refractivity (Wildman–Crippen MR) is 112 cm³/mol. The fraction of sp³-hybridized carbons (Fsp3) is 0. The summed E-state index contributed by atoms with van der Waals surface area (Å²) in [6, 6.07) is 28.1. The second kappa shape index (κ2) is 4.93. The maximum atomic E-state index is 6.02. The summed E-state index contributed by atoms with van der Waals surface area (Å²) < 4.78 is 3.71. The van der Waals surface area contributed by atoms with Crippen molar-refractivity contribution < 1.29 is 4.40 Å². The van der Waals surface area contributed by atoms with E-state index in [1.165, 1.54) is 47.5 Å². The number of nitrogens with two attached hydrogens (primary N) is 1. The third-order valence-corrected chi connectivity index (χ3v) is 6.28. The molecule has 4 aromatic carbocycles. The highest BCUT2D eigenvalue weighted by Gasteiger charge is 2.21. The molecule has 0 saturated carbocycles. The van der Waals surface area contributed by atoms with Crippen LogP contribution in [0.1, 0.15) is 0 Å². The van der Waals surface area contributed by atoms with Gasteiger partial charge in [-0.2, -0.15) is 0 Å². The Morgan fingerprint density at radius 2 is 1.54 bits per heavy atom. The van der Waals surface area contributed by atoms with Crippen LogP contribution in [0.5, 0.6) is 0 Å². The Balaban J connectivity index is 1.98. The summed E-state index contributed by atoms with van der Waals surface area (Å²) in [5.74, 6) is 0. The highest BCUT2D eigenvalue weighted by Crippen LogP contribution is 2.35. The highest BCUT2D eigenvalue weighted by molar-refractivity contribution is 7.23. The van der Waals surface area contributed by atoms with Crippen LogP contribution in [0.3, 0.4) is 0 Å². The zero-order chi connectivity index (χ0) is 17.3. The lowest BCUT2D eigenvalue weighted by molar-refractivity contribution is -0.445. The number of thiazole rings is 1. The number of pyridine rings is 1. The Labute approximate surface area is 153 Å². The summed E-state index contributed by atoms with van der Waals surface area (Å²) >= 11 is 1.84. The molecule has 2 N–H and O–H groups in total. The Morgan fingerprint density at radius 1 is 0.731 bits per heavy atom. The largest absolute Gasteiger partial charge is 0.399 e. The first kappa shape index (κ1) is 14.0. The molecule has 0 atom stereocenters. The van der Waals surface area contributed by atoms with E-state index in [-0.39, 0.29) is 0 Å². The molecule has 26 heavy (non-hydrogen) atoms. The zero-order valence-corrected chi connectivity index (χ0v) is 14.8. The van der Waals surface area contributed by atoms with Crippen LogP contribution < -0.4 is 10.1 Å². The number of hydrogen-bond acceptors (Lipinski definition) is 2. The molecule has 0 bridgehead atoms. The Kier molecular flexibility index (Phi) is 2.66. The first-order valence-electron chi connectivity index (χ1n) is 8.67. The van der Waals surface area contributed by atoms with Crippen LogP contribution in [0.15, 0.2) is 78.9 Å². The van der Waals surface area contributed by atoms with E-state index in [9.17, 15) is 0 Å². The molecule has 0 amide bonds. The average Bonchev–Trinajstić information content (AvgIpc) is 3.06. The highest BCUT2D eigenvalue weighted by atomic mass is 32.1. The number of para-hydroxylation sites is 1. The minimum atomic E-state index is 0.803. The van der Waals surface area contributed by atoms with E-state index in [0.717, 1.165) is 5.69 Å². The Hall–Kier alpha value is -3.17. The van der Waals surface area contributed by atoms with Crippen molar-refractivity contribution in [3.8, 4) is 0 Å². The van der Waals surface area contributed by atoms with Gasteiger partial charge in [-0.1, -0.05) is 47.7 Å². The molecule has 2 heterocycles. The van der Waals surface area contributed by atoms with E-state index in [2.05, 4.69) is 77.2 Å². The van der Waals surface area contributed by atoms with Gasteiger partial charge in [-0.05, 0) is 46.5 Å². The minimum absolute atomic E-state index is 0.803. The molecule has 0 aliphatic carbocycles. The summed E-state index contributed by atoms with van der Waals surface area (Å²) in [4.78, 5) is 1.26. The molecule has 6 aromatic rings. The van der Waals surface area contributed by atoms with Crippen molar-refractivity contribution in [3.63, 3.8) is 0 Å². The van der Waals surface area contributed by atoms with Gasteiger partial charge in [-0.25, -0.2) is 0 Å². The molecule has 0 radical (unpaired) electrons. The minimum Gasteiger partial charge on any atom is -0.399 e. The normalized spacial score (nSPS) is 12.0. The molecule has 0 saturated heterocycles. The number of aromatic nitrogens is 1. The molecule has 0 spiro atoms. The fourth-order valence-corrected chi connectivity index (χ4v) is 5.12. The SMILES string of the molecule is Nc1ccc2c(ccc3ccc4sc5ccc6ccccc6[n+]5c4c32)c1. The van der Waals surface area contributed by atoms with Gasteiger partial charge in [-0.15, -0.1) is 4.40 Å². The zero-order valence-electron chi connectivity index (χ0n) is 13.9. The number of nitrogens with zero attached hydrogens (tertiary/aromatic N) is 1. The summed E-state index contributed by atoms with van der Waals surface area (Å²) in [5, 5.41) is 6.25. The summed E-state index contributed by atoms with van der Waals surface area (Å²) in [6.07, 6.45) is 0. The van der Waals surface area contributed by atoms with Crippen molar-refractivity contribution in [1.82, 2.24) is 0 Å². The van der Waals surface area contributed by atoms with Crippen molar-refractivity contribution in [1.29, 1.82) is 0 Å². The lowest BCUT2D eigenvalue weighted by Crippen LogP contribution is -2.20. The van der Waals surface area contributed by atoms with E-state index in [1.807, 2.05) is 17.4 Å². The van der Waals surface area contributed by atoms with Gasteiger partial charge in [0, 0.05) is 23.2 Å². The Morgan fingerprint density at radius 3 is 2.50 bits per heavy atom. The van der Waals surface area contributed by atoms with Gasteiger partial charge in [0.1, 0.15) is 4.70 Å². The molecule has 0 unspecified atom stereocenters. The van der Waals surface area contributed by atoms with Crippen molar-refractivity contribution >= 4 is 64.5 Å². The molecule has 6 rings (SSSR count). The lowest BCUT2D eigenvalue weighted by Gasteiger charge is -2.04. The number of fused-ring (bicyclic) bond motifs is 9. The van der Waals surface area contributed by atoms with Gasteiger partial charge in [-0.3, -0.25) is 0 Å². The molecule has 122 valence electrons. The van der Waals surface area contributed by atoms with Crippen LogP contribution in [0.2, 0.25) is 0 Å². The van der Waals surface area contributed by atoms with E-state index in [0.29, 0.717) is 0 Å². The number of rotatable bonds is 0. The summed E-state index contributed by atoms with van der Waals surface area (Å²) in [5.41, 5.74) is 9.36. The monoisotopic (exact) mass is 351 g/mol. The topological polar surface area (TPSA) is 30.1 Å². The molecular formula is C23H15N2S+. The second-order valence-corrected chi connectivity index (χ2v) is 7.79. The summed E-state index contributed by atoms with van der Waals surface area (Å²) in [7, 11) is 0. The average molecular weight is 351 g/mol. The quantitative estimate of drug-likeness (QED) is 0.213. The number of nitrogen functional groups attached to an aromatic ring is 1. The van der Waals surface area contributed by atoms with Crippen LogP contribution in [0, 0.1) is 0 Å². The van der Waals surface area contributed by atoms with Crippen LogP contribution in [-0.2, 0) is 0 Å².